The van der Waals surface area contributed by atoms with Crippen molar-refractivity contribution in [1.29, 1.82) is 0 Å². The van der Waals surface area contributed by atoms with Gasteiger partial charge in [0.2, 0.25) is 0 Å². The van der Waals surface area contributed by atoms with E-state index in [0.717, 1.165) is 0 Å². The summed E-state index contributed by atoms with van der Waals surface area (Å²) >= 11 is 0. The van der Waals surface area contributed by atoms with Gasteiger partial charge in [0.15, 0.2) is 0 Å². The maximum absolute atomic E-state index is 12.9. The Bertz CT molecular complexity index is 1470. The molecule has 0 radical (unpaired) electrons. The molecule has 240 valence electrons. The van der Waals surface area contributed by atoms with Crippen molar-refractivity contribution < 1.29 is 55.3 Å². The molecule has 0 bridgehead atoms. The zero-order valence-electron chi connectivity index (χ0n) is 23.7. The van der Waals surface area contributed by atoms with E-state index in [9.17, 15) is 36.3 Å². The summed E-state index contributed by atoms with van der Waals surface area (Å²) in [5.41, 5.74) is 12.9. The summed E-state index contributed by atoms with van der Waals surface area (Å²) in [7, 11) is 0. The van der Waals surface area contributed by atoms with Gasteiger partial charge in [-0.15, -0.1) is 0 Å². The molecule has 0 atom stereocenters. The van der Waals surface area contributed by atoms with Crippen molar-refractivity contribution in [2.24, 2.45) is 0 Å². The number of hydrogen-bond acceptors (Lipinski definition) is 9. The van der Waals surface area contributed by atoms with Crippen LogP contribution in [0.4, 0.5) is 33.3 Å². The highest BCUT2D eigenvalue weighted by Gasteiger charge is 2.56. The lowest BCUT2D eigenvalue weighted by Gasteiger charge is -2.19. The van der Waals surface area contributed by atoms with Crippen LogP contribution in [-0.2, 0) is 14.3 Å². The smallest absolute Gasteiger partial charge is 0.453 e. The molecular weight excluding hydrogens is 607 g/mol. The van der Waals surface area contributed by atoms with Gasteiger partial charge < -0.3 is 30.4 Å². The van der Waals surface area contributed by atoms with Crippen molar-refractivity contribution in [3.05, 3.63) is 89.5 Å². The van der Waals surface area contributed by atoms with Crippen molar-refractivity contribution in [2.75, 3.05) is 31.3 Å². The number of carbonyl (C=O) groups excluding carboxylic acids is 3. The Morgan fingerprint density at radius 3 is 1.91 bits per heavy atom. The van der Waals surface area contributed by atoms with Crippen LogP contribution in [0.5, 0.6) is 11.5 Å². The molecule has 0 saturated heterocycles. The first-order chi connectivity index (χ1) is 21.2. The van der Waals surface area contributed by atoms with E-state index in [-0.39, 0.29) is 48.9 Å². The Kier molecular flexibility index (Phi) is 11.9. The van der Waals surface area contributed by atoms with Crippen LogP contribution in [0.2, 0.25) is 0 Å². The average molecular weight is 637 g/mol. The summed E-state index contributed by atoms with van der Waals surface area (Å²) in [6, 6.07) is 16.0. The average Bonchev–Trinajstić information content (AvgIpc) is 2.98. The normalized spacial score (nSPS) is 11.7. The predicted molar refractivity (Wildman–Crippen MR) is 154 cm³/mol. The molecule has 0 saturated carbocycles. The minimum absolute atomic E-state index is 0.0123. The summed E-state index contributed by atoms with van der Waals surface area (Å²) in [4.78, 5) is 36.4. The number of ether oxygens (including phenoxy) is 4. The Morgan fingerprint density at radius 1 is 0.689 bits per heavy atom. The molecule has 9 nitrogen and oxygen atoms in total. The van der Waals surface area contributed by atoms with Gasteiger partial charge in [-0.2, -0.15) is 22.0 Å². The molecule has 0 aromatic heterocycles. The fourth-order valence-electron chi connectivity index (χ4n) is 3.61. The van der Waals surface area contributed by atoms with Crippen molar-refractivity contribution in [3.8, 4) is 11.5 Å². The first-order valence-electron chi connectivity index (χ1n) is 13.4. The van der Waals surface area contributed by atoms with E-state index in [1.54, 1.807) is 12.1 Å². The van der Waals surface area contributed by atoms with E-state index >= 15 is 0 Å². The third-order valence-electron chi connectivity index (χ3n) is 5.89. The lowest BCUT2D eigenvalue weighted by Crippen LogP contribution is -2.36. The summed E-state index contributed by atoms with van der Waals surface area (Å²) in [5, 5.41) is 0. The minimum atomic E-state index is -5.61. The van der Waals surface area contributed by atoms with Crippen LogP contribution in [0.25, 0.3) is 6.08 Å². The maximum Gasteiger partial charge on any atom is 0.453 e. The summed E-state index contributed by atoms with van der Waals surface area (Å²) in [6.45, 7) is -0.341. The number of esters is 3. The van der Waals surface area contributed by atoms with Gasteiger partial charge in [0.1, 0.15) is 11.5 Å². The fraction of sp³-hybridized carbons (Fsp3) is 0.258. The number of nitrogen functional groups attached to an aromatic ring is 2. The number of benzene rings is 3. The Labute approximate surface area is 254 Å². The summed E-state index contributed by atoms with van der Waals surface area (Å²) in [6.07, 6.45) is -4.58. The molecule has 45 heavy (non-hydrogen) atoms. The van der Waals surface area contributed by atoms with Crippen LogP contribution >= 0.6 is 0 Å². The quantitative estimate of drug-likeness (QED) is 0.0526. The lowest BCUT2D eigenvalue weighted by atomic mass is 10.2. The zero-order valence-corrected chi connectivity index (χ0v) is 23.7. The molecule has 0 heterocycles. The van der Waals surface area contributed by atoms with E-state index in [1.165, 1.54) is 66.7 Å². The van der Waals surface area contributed by atoms with E-state index in [1.807, 2.05) is 0 Å². The van der Waals surface area contributed by atoms with Crippen LogP contribution < -0.4 is 20.9 Å². The zero-order chi connectivity index (χ0) is 33.0. The molecule has 3 rings (SSSR count). The molecule has 0 aliphatic carbocycles. The molecule has 0 unspecified atom stereocenters. The SMILES string of the molecule is Nc1cc(N)cc(C(=O)OCCCOC(=O)C=Cc2ccc(OC(=O)c3ccc(OCCCC(F)(F)C(F)(F)F)cc3)cc2)c1. The number of anilines is 2. The number of hydrogen-bond donors (Lipinski definition) is 2. The lowest BCUT2D eigenvalue weighted by molar-refractivity contribution is -0.284. The minimum Gasteiger partial charge on any atom is -0.494 e. The topological polar surface area (TPSA) is 140 Å². The van der Waals surface area contributed by atoms with Gasteiger partial charge in [-0.3, -0.25) is 0 Å². The third kappa shape index (κ3) is 11.1. The van der Waals surface area contributed by atoms with E-state index in [0.29, 0.717) is 16.9 Å². The predicted octanol–water partition coefficient (Wildman–Crippen LogP) is 6.23. The maximum atomic E-state index is 12.9. The molecule has 0 spiro atoms. The molecule has 0 amide bonds. The highest BCUT2D eigenvalue weighted by molar-refractivity contribution is 5.92. The summed E-state index contributed by atoms with van der Waals surface area (Å²) < 4.78 is 83.1. The molecule has 3 aromatic rings. The molecule has 14 heteroatoms. The molecule has 0 fully saturated rings. The first kappa shape index (κ1) is 34.4. The monoisotopic (exact) mass is 636 g/mol. The van der Waals surface area contributed by atoms with Gasteiger partial charge in [0.05, 0.1) is 30.9 Å². The summed E-state index contributed by atoms with van der Waals surface area (Å²) in [5.74, 6) is -6.33. The van der Waals surface area contributed by atoms with Gasteiger partial charge in [0, 0.05) is 30.3 Å². The van der Waals surface area contributed by atoms with Crippen LogP contribution in [-0.4, -0.2) is 49.8 Å². The van der Waals surface area contributed by atoms with Crippen molar-refractivity contribution >= 4 is 35.4 Å². The Hall–Kier alpha value is -5.14. The number of rotatable bonds is 14. The van der Waals surface area contributed by atoms with E-state index < -0.39 is 42.8 Å². The standard InChI is InChI=1S/C31H29F5N2O7/c32-30(33,31(34,35)36)13-1-14-42-25-10-6-21(7-11-25)29(41)45-26-8-3-20(4-9-26)5-12-27(39)43-15-2-16-44-28(40)22-17-23(37)19-24(38)18-22/h3-12,17-19H,1-2,13-16,37-38H2. The third-order valence-corrected chi connectivity index (χ3v) is 5.89. The van der Waals surface area contributed by atoms with E-state index in [2.05, 4.69) is 0 Å². The van der Waals surface area contributed by atoms with E-state index in [4.69, 9.17) is 30.4 Å². The van der Waals surface area contributed by atoms with Crippen molar-refractivity contribution in [2.45, 2.75) is 31.4 Å². The van der Waals surface area contributed by atoms with Gasteiger partial charge in [-0.05, 0) is 72.7 Å². The first-order valence-corrected chi connectivity index (χ1v) is 13.4. The Balaban J connectivity index is 1.35. The van der Waals surface area contributed by atoms with Crippen LogP contribution in [0.1, 0.15) is 45.5 Å². The number of alkyl halides is 5. The van der Waals surface area contributed by atoms with Gasteiger partial charge in [-0.1, -0.05) is 12.1 Å². The number of carbonyl (C=O) groups is 3. The van der Waals surface area contributed by atoms with Crippen LogP contribution in [0.15, 0.2) is 72.8 Å². The Morgan fingerprint density at radius 2 is 1.29 bits per heavy atom. The van der Waals surface area contributed by atoms with Crippen LogP contribution in [0.3, 0.4) is 0 Å². The fourth-order valence-corrected chi connectivity index (χ4v) is 3.61. The van der Waals surface area contributed by atoms with Crippen molar-refractivity contribution in [3.63, 3.8) is 0 Å². The number of halogens is 5. The molecule has 3 aromatic carbocycles. The van der Waals surface area contributed by atoms with Gasteiger partial charge in [-0.25, -0.2) is 14.4 Å². The largest absolute Gasteiger partial charge is 0.494 e. The highest BCUT2D eigenvalue weighted by atomic mass is 19.4. The second-order valence-electron chi connectivity index (χ2n) is 9.52. The van der Waals surface area contributed by atoms with Gasteiger partial charge in [0.25, 0.3) is 0 Å². The molecule has 4 N–H and O–H groups in total. The molecule has 0 aliphatic rings. The molecule has 0 aliphatic heterocycles. The van der Waals surface area contributed by atoms with Gasteiger partial charge >= 0.3 is 30.0 Å². The second kappa shape index (κ2) is 15.5. The number of nitrogens with two attached hydrogens (primary N) is 2. The van der Waals surface area contributed by atoms with Crippen molar-refractivity contribution in [1.82, 2.24) is 0 Å². The molecular formula is C31H29F5N2O7. The van der Waals surface area contributed by atoms with Crippen LogP contribution in [0, 0.1) is 0 Å². The highest BCUT2D eigenvalue weighted by Crippen LogP contribution is 2.38. The second-order valence-corrected chi connectivity index (χ2v) is 9.52.